The smallest absolute Gasteiger partial charge is 0.407 e. The van der Waals surface area contributed by atoms with E-state index in [1.165, 1.54) is 58.4 Å². The second-order valence-corrected chi connectivity index (χ2v) is 17.8. The number of nitrogens with zero attached hydrogens (tertiary/aromatic N) is 9. The highest BCUT2D eigenvalue weighted by molar-refractivity contribution is 5.83. The number of carbonyl (C=O) groups is 2. The van der Waals surface area contributed by atoms with Crippen LogP contribution in [-0.4, -0.2) is 151 Å². The predicted molar refractivity (Wildman–Crippen MR) is 253 cm³/mol. The number of Topliss-reactive ketones (excluding diaryl/α,β-unsaturated/α-hetero) is 1. The number of benzene rings is 2. The Bertz CT molecular complexity index is 3010. The van der Waals surface area contributed by atoms with Crippen molar-refractivity contribution < 1.29 is 47.5 Å². The molecule has 2 fully saturated rings. The van der Waals surface area contributed by atoms with Crippen LogP contribution in [0.25, 0.3) is 22.1 Å². The Kier molecular flexibility index (Phi) is 15.3. The molecular formula is C49H54F2N10O10. The van der Waals surface area contributed by atoms with E-state index in [0.717, 1.165) is 12.2 Å². The van der Waals surface area contributed by atoms with E-state index in [0.29, 0.717) is 136 Å². The summed E-state index contributed by atoms with van der Waals surface area (Å²) in [6.07, 6.45) is 5.07. The van der Waals surface area contributed by atoms with Gasteiger partial charge in [0.1, 0.15) is 43.8 Å². The van der Waals surface area contributed by atoms with Crippen LogP contribution in [0.5, 0.6) is 23.0 Å². The average Bonchev–Trinajstić information content (AvgIpc) is 3.37. The predicted octanol–water partition coefficient (Wildman–Crippen LogP) is 2.95. The number of ether oxygens (including phenoxy) is 4. The molecule has 2 aromatic carbocycles. The minimum absolute atomic E-state index is 0.000282. The highest BCUT2D eigenvalue weighted by Crippen LogP contribution is 2.31. The molecule has 3 atom stereocenters. The van der Waals surface area contributed by atoms with Gasteiger partial charge in [-0.05, 0) is 42.8 Å². The third-order valence-electron chi connectivity index (χ3n) is 13.0. The number of hydrogen-bond donors (Lipinski definition) is 3. The summed E-state index contributed by atoms with van der Waals surface area (Å²) in [7, 11) is 0. The first-order valence-corrected chi connectivity index (χ1v) is 23.6. The number of amides is 1. The van der Waals surface area contributed by atoms with E-state index in [9.17, 15) is 38.2 Å². The van der Waals surface area contributed by atoms with Crippen LogP contribution < -0.4 is 35.4 Å². The zero-order valence-corrected chi connectivity index (χ0v) is 38.8. The maximum atomic E-state index is 13.8. The van der Waals surface area contributed by atoms with Crippen LogP contribution in [0, 0.1) is 23.5 Å². The lowest BCUT2D eigenvalue weighted by Crippen LogP contribution is -2.48. The molecule has 2 saturated heterocycles. The second kappa shape index (κ2) is 22.3. The van der Waals surface area contributed by atoms with Gasteiger partial charge in [-0.15, -0.1) is 0 Å². The standard InChI is InChI=1S/C25H26FN5O6.C24H28FN5O4/c26-17-1-2-19-20(9-17)31(24(33)12-28-19)6-5-29-4-3-21(32)16(13-29)14-30(25(34)35)15-18-10-22-23(11-27-18)37-8-7-36-22;25-17-1-2-19-20(9-17)30(24(32)14-28-19)6-5-29-4-3-21(31)16(15-29)11-26-12-18-10-22-23(13-27-18)34-8-7-33-22/h1-2,9-12,16H,3-8,13-15H2,(H,34,35);1-2,9-10,13-14,16,21,26,31H,3-8,11-12,15H2. The first-order chi connectivity index (χ1) is 34.4. The largest absolute Gasteiger partial charge is 0.486 e. The Hall–Kier alpha value is -7.14. The molecule has 3 unspecified atom stereocenters. The lowest BCUT2D eigenvalue weighted by molar-refractivity contribution is -0.126. The van der Waals surface area contributed by atoms with Crippen molar-refractivity contribution in [1.82, 2.24) is 49.1 Å². The highest BCUT2D eigenvalue weighted by Gasteiger charge is 2.31. The van der Waals surface area contributed by atoms with Crippen molar-refractivity contribution in [2.45, 2.75) is 45.1 Å². The van der Waals surface area contributed by atoms with Gasteiger partial charge in [0.25, 0.3) is 11.1 Å². The van der Waals surface area contributed by atoms with Crippen LogP contribution in [-0.2, 0) is 31.0 Å². The molecule has 374 valence electrons. The van der Waals surface area contributed by atoms with Crippen molar-refractivity contribution in [2.75, 3.05) is 78.8 Å². The molecule has 0 saturated carbocycles. The molecule has 1 amide bonds. The first kappa shape index (κ1) is 48.9. The number of ketones is 1. The van der Waals surface area contributed by atoms with Crippen molar-refractivity contribution in [3.63, 3.8) is 0 Å². The lowest BCUT2D eigenvalue weighted by atomic mass is 9.94. The lowest BCUT2D eigenvalue weighted by Gasteiger charge is -2.36. The fraction of sp³-hybridized carbons (Fsp3) is 0.429. The van der Waals surface area contributed by atoms with Gasteiger partial charge in [-0.25, -0.2) is 23.5 Å². The summed E-state index contributed by atoms with van der Waals surface area (Å²) in [6, 6.07) is 11.9. The SMILES string of the molecule is O=C1CCN(CCn2c(=O)cnc3ccc(F)cc32)CC1CN(Cc1cc2c(cn1)OCCO2)C(=O)O.O=c1cnc2ccc(F)cc2n1CCN1CCC(O)C(CNCc2cc3c(cn2)OCCO3)C1. The summed E-state index contributed by atoms with van der Waals surface area (Å²) in [6.45, 7) is 7.19. The Morgan fingerprint density at radius 2 is 1.24 bits per heavy atom. The topological polar surface area (TPSA) is 229 Å². The van der Waals surface area contributed by atoms with Gasteiger partial charge in [0, 0.05) is 102 Å². The van der Waals surface area contributed by atoms with E-state index < -0.39 is 29.7 Å². The number of rotatable bonds is 14. The summed E-state index contributed by atoms with van der Waals surface area (Å²) in [4.78, 5) is 71.8. The molecule has 0 spiro atoms. The molecule has 4 aliphatic rings. The minimum Gasteiger partial charge on any atom is -0.486 e. The van der Waals surface area contributed by atoms with E-state index in [-0.39, 0.29) is 48.9 Å². The number of fused-ring (bicyclic) bond motifs is 4. The molecule has 4 aliphatic heterocycles. The maximum Gasteiger partial charge on any atom is 0.407 e. The third-order valence-corrected chi connectivity index (χ3v) is 13.0. The Labute approximate surface area is 405 Å². The molecule has 10 rings (SSSR count). The molecule has 20 nitrogen and oxygen atoms in total. The van der Waals surface area contributed by atoms with Gasteiger partial charge in [-0.3, -0.25) is 24.4 Å². The van der Waals surface area contributed by atoms with Crippen molar-refractivity contribution in [2.24, 2.45) is 11.8 Å². The van der Waals surface area contributed by atoms with Crippen molar-refractivity contribution in [1.29, 1.82) is 0 Å². The van der Waals surface area contributed by atoms with Gasteiger partial charge < -0.3 is 58.3 Å². The maximum absolute atomic E-state index is 13.8. The number of nitrogens with one attached hydrogen (secondary N) is 1. The zero-order chi connectivity index (χ0) is 49.4. The monoisotopic (exact) mass is 980 g/mol. The van der Waals surface area contributed by atoms with Crippen LogP contribution in [0.1, 0.15) is 24.2 Å². The van der Waals surface area contributed by atoms with Gasteiger partial charge in [0.05, 0.1) is 70.9 Å². The molecule has 3 N–H and O–H groups in total. The number of pyridine rings is 2. The number of carbonyl (C=O) groups excluding carboxylic acids is 1. The first-order valence-electron chi connectivity index (χ1n) is 23.6. The summed E-state index contributed by atoms with van der Waals surface area (Å²) in [5.74, 6) is 1.06. The average molecular weight is 981 g/mol. The molecule has 71 heavy (non-hydrogen) atoms. The van der Waals surface area contributed by atoms with Crippen LogP contribution in [0.4, 0.5) is 13.6 Å². The van der Waals surface area contributed by atoms with E-state index in [1.807, 2.05) is 11.0 Å². The molecule has 0 radical (unpaired) electrons. The number of hydrogen-bond acceptors (Lipinski definition) is 16. The Morgan fingerprint density at radius 1 is 0.690 bits per heavy atom. The number of piperidine rings is 2. The van der Waals surface area contributed by atoms with Crippen LogP contribution in [0.15, 0.2) is 82.9 Å². The van der Waals surface area contributed by atoms with Crippen LogP contribution in [0.3, 0.4) is 0 Å². The van der Waals surface area contributed by atoms with Gasteiger partial charge in [-0.1, -0.05) is 0 Å². The van der Waals surface area contributed by atoms with E-state index in [2.05, 4.69) is 30.2 Å². The van der Waals surface area contributed by atoms with Gasteiger partial charge in [0.15, 0.2) is 23.0 Å². The van der Waals surface area contributed by atoms with Crippen molar-refractivity contribution in [3.05, 3.63) is 117 Å². The molecule has 0 bridgehead atoms. The molecule has 22 heteroatoms. The number of aliphatic hydroxyl groups is 1. The van der Waals surface area contributed by atoms with Gasteiger partial charge >= 0.3 is 6.09 Å². The van der Waals surface area contributed by atoms with Crippen LogP contribution >= 0.6 is 0 Å². The summed E-state index contributed by atoms with van der Waals surface area (Å²) >= 11 is 0. The quantitative estimate of drug-likeness (QED) is 0.143. The minimum atomic E-state index is -1.15. The number of likely N-dealkylation sites (tertiary alicyclic amines) is 2. The number of aliphatic hydroxyl groups excluding tert-OH is 1. The van der Waals surface area contributed by atoms with E-state index in [4.69, 9.17) is 18.9 Å². The molecule has 4 aromatic heterocycles. The number of halogens is 2. The Morgan fingerprint density at radius 3 is 1.83 bits per heavy atom. The molecular weight excluding hydrogens is 927 g/mol. The number of aromatic nitrogens is 6. The van der Waals surface area contributed by atoms with Crippen molar-refractivity contribution in [3.8, 4) is 23.0 Å². The highest BCUT2D eigenvalue weighted by atomic mass is 19.1. The third kappa shape index (κ3) is 12.1. The van der Waals surface area contributed by atoms with Crippen molar-refractivity contribution >= 4 is 33.9 Å². The molecule has 0 aliphatic carbocycles. The second-order valence-electron chi connectivity index (χ2n) is 17.8. The zero-order valence-electron chi connectivity index (χ0n) is 38.8. The summed E-state index contributed by atoms with van der Waals surface area (Å²) in [5, 5.41) is 23.7. The number of carboxylic acid groups (broad SMARTS) is 1. The van der Waals surface area contributed by atoms with E-state index in [1.54, 1.807) is 22.9 Å². The Balaban J connectivity index is 0.000000176. The molecule has 8 heterocycles. The van der Waals surface area contributed by atoms with Crippen LogP contribution in [0.2, 0.25) is 0 Å². The van der Waals surface area contributed by atoms with Gasteiger partial charge in [0.2, 0.25) is 0 Å². The van der Waals surface area contributed by atoms with E-state index >= 15 is 0 Å². The normalized spacial score (nSPS) is 19.0. The summed E-state index contributed by atoms with van der Waals surface area (Å²) < 4.78 is 52.7. The molecule has 6 aromatic rings. The summed E-state index contributed by atoms with van der Waals surface area (Å²) in [5.41, 5.74) is 2.75. The fourth-order valence-electron chi connectivity index (χ4n) is 9.27. The van der Waals surface area contributed by atoms with Gasteiger partial charge in [-0.2, -0.15) is 0 Å². The fourth-order valence-corrected chi connectivity index (χ4v) is 9.27.